The van der Waals surface area contributed by atoms with Gasteiger partial charge in [0.05, 0.1) is 19.5 Å². The number of halogens is 1. The fourth-order valence-corrected chi connectivity index (χ4v) is 4.37. The van der Waals surface area contributed by atoms with E-state index in [2.05, 4.69) is 4.98 Å². The number of likely N-dealkylation sites (tertiary alicyclic amines) is 1. The Hall–Kier alpha value is -2.58. The second kappa shape index (κ2) is 10.8. The van der Waals surface area contributed by atoms with Crippen LogP contribution in [0.25, 0.3) is 0 Å². The van der Waals surface area contributed by atoms with Gasteiger partial charge in [-0.3, -0.25) is 9.59 Å². The molecule has 2 aromatic rings. The van der Waals surface area contributed by atoms with Gasteiger partial charge in [-0.25, -0.2) is 4.98 Å². The molecular weight excluding hydrogens is 432 g/mol. The zero-order chi connectivity index (χ0) is 22.3. The van der Waals surface area contributed by atoms with Crippen molar-refractivity contribution in [1.82, 2.24) is 19.4 Å². The van der Waals surface area contributed by atoms with E-state index >= 15 is 0 Å². The van der Waals surface area contributed by atoms with Gasteiger partial charge in [0.1, 0.15) is 11.9 Å². The van der Waals surface area contributed by atoms with E-state index in [4.69, 9.17) is 21.1 Å². The van der Waals surface area contributed by atoms with Gasteiger partial charge >= 0.3 is 0 Å². The summed E-state index contributed by atoms with van der Waals surface area (Å²) in [6.07, 6.45) is 6.57. The minimum absolute atomic E-state index is 0.0769. The number of ether oxygens (including phenoxy) is 2. The number of imidazole rings is 1. The third-order valence-electron chi connectivity index (χ3n) is 6.06. The smallest absolute Gasteiger partial charge is 0.224 e. The summed E-state index contributed by atoms with van der Waals surface area (Å²) in [5.41, 5.74) is 0. The number of nitrogens with zero attached hydrogens (tertiary/aromatic N) is 4. The Morgan fingerprint density at radius 2 is 1.88 bits per heavy atom. The van der Waals surface area contributed by atoms with Crippen LogP contribution in [-0.4, -0.2) is 76.7 Å². The summed E-state index contributed by atoms with van der Waals surface area (Å²) in [6, 6.07) is 7.26. The van der Waals surface area contributed by atoms with Crippen LogP contribution in [0.3, 0.4) is 0 Å². The molecule has 3 heterocycles. The van der Waals surface area contributed by atoms with Gasteiger partial charge in [0, 0.05) is 75.3 Å². The normalized spacial score (nSPS) is 21.4. The quantitative estimate of drug-likeness (QED) is 0.634. The lowest BCUT2D eigenvalue weighted by Crippen LogP contribution is -2.50. The topological polar surface area (TPSA) is 76.9 Å². The first-order valence-electron chi connectivity index (χ1n) is 11.1. The van der Waals surface area contributed by atoms with Crippen molar-refractivity contribution in [3.8, 4) is 5.75 Å². The number of piperidine rings is 1. The molecule has 32 heavy (non-hydrogen) atoms. The third-order valence-corrected chi connectivity index (χ3v) is 6.31. The molecule has 0 aliphatic carbocycles. The molecule has 2 saturated heterocycles. The Balaban J connectivity index is 1.40. The van der Waals surface area contributed by atoms with Crippen LogP contribution in [0, 0.1) is 5.92 Å². The van der Waals surface area contributed by atoms with Gasteiger partial charge in [-0.15, -0.1) is 0 Å². The predicted molar refractivity (Wildman–Crippen MR) is 119 cm³/mol. The summed E-state index contributed by atoms with van der Waals surface area (Å²) in [5.74, 6) is 0.832. The first kappa shape index (κ1) is 22.6. The Morgan fingerprint density at radius 1 is 1.09 bits per heavy atom. The van der Waals surface area contributed by atoms with Crippen LogP contribution in [0.5, 0.6) is 5.75 Å². The highest BCUT2D eigenvalue weighted by molar-refractivity contribution is 6.30. The second-order valence-electron chi connectivity index (χ2n) is 8.25. The lowest BCUT2D eigenvalue weighted by molar-refractivity contribution is -0.141. The second-order valence-corrected chi connectivity index (χ2v) is 8.68. The molecule has 0 bridgehead atoms. The molecule has 2 atom stereocenters. The van der Waals surface area contributed by atoms with Crippen LogP contribution < -0.4 is 4.74 Å². The minimum Gasteiger partial charge on any atom is -0.490 e. The molecule has 2 fully saturated rings. The fourth-order valence-electron chi connectivity index (χ4n) is 4.24. The fraction of sp³-hybridized carbons (Fsp3) is 0.522. The number of amides is 2. The molecular formula is C23H29ClN4O4. The molecule has 1 aromatic heterocycles. The van der Waals surface area contributed by atoms with E-state index in [0.29, 0.717) is 70.2 Å². The number of carbonyl (C=O) groups is 2. The summed E-state index contributed by atoms with van der Waals surface area (Å²) in [4.78, 5) is 33.5. The molecule has 2 aliphatic rings. The number of rotatable bonds is 7. The van der Waals surface area contributed by atoms with Gasteiger partial charge in [0.2, 0.25) is 11.8 Å². The summed E-state index contributed by atoms with van der Waals surface area (Å²) in [5, 5.41) is 0.648. The van der Waals surface area contributed by atoms with Gasteiger partial charge < -0.3 is 23.8 Å². The van der Waals surface area contributed by atoms with Crippen molar-refractivity contribution in [1.29, 1.82) is 0 Å². The molecule has 0 unspecified atom stereocenters. The molecule has 4 rings (SSSR count). The van der Waals surface area contributed by atoms with Crippen LogP contribution >= 0.6 is 11.6 Å². The van der Waals surface area contributed by atoms with Crippen molar-refractivity contribution < 1.29 is 19.1 Å². The SMILES string of the molecule is O=C(C[C@H]1CN(C(=O)CCn2ccnc2)CC[C@@H]1Oc1ccc(Cl)cc1)N1CCOCC1. The van der Waals surface area contributed by atoms with Crippen molar-refractivity contribution in [2.45, 2.75) is 31.9 Å². The Kier molecular flexibility index (Phi) is 7.65. The largest absolute Gasteiger partial charge is 0.490 e. The molecule has 0 radical (unpaired) electrons. The Labute approximate surface area is 193 Å². The Morgan fingerprint density at radius 3 is 2.59 bits per heavy atom. The van der Waals surface area contributed by atoms with E-state index in [1.165, 1.54) is 0 Å². The maximum atomic E-state index is 13.0. The zero-order valence-electron chi connectivity index (χ0n) is 18.1. The van der Waals surface area contributed by atoms with Crippen molar-refractivity contribution >= 4 is 23.4 Å². The molecule has 172 valence electrons. The highest BCUT2D eigenvalue weighted by atomic mass is 35.5. The highest BCUT2D eigenvalue weighted by Crippen LogP contribution is 2.27. The van der Waals surface area contributed by atoms with Crippen LogP contribution in [0.4, 0.5) is 0 Å². The van der Waals surface area contributed by atoms with E-state index in [0.717, 1.165) is 5.75 Å². The summed E-state index contributed by atoms with van der Waals surface area (Å²) < 4.78 is 13.5. The molecule has 9 heteroatoms. The number of benzene rings is 1. The molecule has 0 saturated carbocycles. The number of carbonyl (C=O) groups excluding carboxylic acids is 2. The van der Waals surface area contributed by atoms with E-state index in [9.17, 15) is 9.59 Å². The van der Waals surface area contributed by atoms with Gasteiger partial charge in [-0.2, -0.15) is 0 Å². The van der Waals surface area contributed by atoms with Gasteiger partial charge in [0.15, 0.2) is 0 Å². The average molecular weight is 461 g/mol. The van der Waals surface area contributed by atoms with Gasteiger partial charge in [-0.05, 0) is 24.3 Å². The maximum absolute atomic E-state index is 13.0. The van der Waals surface area contributed by atoms with E-state index < -0.39 is 0 Å². The number of aromatic nitrogens is 2. The third kappa shape index (κ3) is 6.01. The van der Waals surface area contributed by atoms with Crippen molar-refractivity contribution in [3.63, 3.8) is 0 Å². The number of morpholine rings is 1. The summed E-state index contributed by atoms with van der Waals surface area (Å²) >= 11 is 5.99. The predicted octanol–water partition coefficient (Wildman–Crippen LogP) is 2.47. The number of hydrogen-bond donors (Lipinski definition) is 0. The minimum atomic E-state index is -0.140. The van der Waals surface area contributed by atoms with E-state index in [1.54, 1.807) is 24.7 Å². The lowest BCUT2D eigenvalue weighted by Gasteiger charge is -2.39. The van der Waals surface area contributed by atoms with Gasteiger partial charge in [0.25, 0.3) is 0 Å². The average Bonchev–Trinajstić information content (AvgIpc) is 3.34. The highest BCUT2D eigenvalue weighted by Gasteiger charge is 2.35. The maximum Gasteiger partial charge on any atom is 0.224 e. The summed E-state index contributed by atoms with van der Waals surface area (Å²) in [7, 11) is 0. The number of hydrogen-bond acceptors (Lipinski definition) is 5. The lowest BCUT2D eigenvalue weighted by atomic mass is 9.90. The van der Waals surface area contributed by atoms with Crippen LogP contribution in [0.2, 0.25) is 5.02 Å². The zero-order valence-corrected chi connectivity index (χ0v) is 18.8. The monoisotopic (exact) mass is 460 g/mol. The van der Waals surface area contributed by atoms with Crippen molar-refractivity contribution in [2.75, 3.05) is 39.4 Å². The van der Waals surface area contributed by atoms with Crippen molar-refractivity contribution in [3.05, 3.63) is 48.0 Å². The van der Waals surface area contributed by atoms with Crippen molar-refractivity contribution in [2.24, 2.45) is 5.92 Å². The molecule has 0 N–H and O–H groups in total. The first-order chi connectivity index (χ1) is 15.6. The van der Waals surface area contributed by atoms with Crippen LogP contribution in [0.15, 0.2) is 43.0 Å². The van der Waals surface area contributed by atoms with Gasteiger partial charge in [-0.1, -0.05) is 11.6 Å². The number of aryl methyl sites for hydroxylation is 1. The molecule has 2 amide bonds. The van der Waals surface area contributed by atoms with E-state index in [1.807, 2.05) is 32.7 Å². The van der Waals surface area contributed by atoms with Crippen LogP contribution in [-0.2, 0) is 20.9 Å². The standard InChI is InChI=1S/C23H29ClN4O4/c24-19-1-3-20(4-2-19)32-21-5-9-28(22(29)6-8-26-10-7-25-17-26)16-18(21)15-23(30)27-11-13-31-14-12-27/h1-4,7,10,17-18,21H,5-6,8-9,11-16H2/t18-,21-/m0/s1. The van der Waals surface area contributed by atoms with E-state index in [-0.39, 0.29) is 23.8 Å². The molecule has 2 aliphatic heterocycles. The first-order valence-corrected chi connectivity index (χ1v) is 11.5. The summed E-state index contributed by atoms with van der Waals surface area (Å²) in [6.45, 7) is 4.08. The molecule has 1 aromatic carbocycles. The molecule has 8 nitrogen and oxygen atoms in total. The van der Waals surface area contributed by atoms with Crippen LogP contribution in [0.1, 0.15) is 19.3 Å². The Bertz CT molecular complexity index is 884. The molecule has 0 spiro atoms.